The largest absolute Gasteiger partial charge is 0.490 e. The Hall–Kier alpha value is -3.01. The van der Waals surface area contributed by atoms with E-state index in [1.165, 1.54) is 0 Å². The van der Waals surface area contributed by atoms with Crippen molar-refractivity contribution in [3.8, 4) is 11.5 Å². The number of unbranched alkanes of at least 4 members (excludes halogenated alkanes) is 1. The number of carbonyl (C=O) groups excluding carboxylic acids is 1. The average Bonchev–Trinajstić information content (AvgIpc) is 3.09. The first kappa shape index (κ1) is 36.3. The number of benzene rings is 2. The van der Waals surface area contributed by atoms with Gasteiger partial charge in [-0.05, 0) is 74.8 Å². The highest BCUT2D eigenvalue weighted by atomic mass is 17.1. The van der Waals surface area contributed by atoms with Crippen LogP contribution in [0, 0.1) is 0 Å². The zero-order valence-corrected chi connectivity index (χ0v) is 27.9. The van der Waals surface area contributed by atoms with Crippen LogP contribution in [0.3, 0.4) is 0 Å². The first-order valence-electron chi connectivity index (χ1n) is 17.2. The van der Waals surface area contributed by atoms with Crippen LogP contribution in [-0.2, 0) is 35.2 Å². The highest BCUT2D eigenvalue weighted by Gasteiger charge is 2.40. The number of hydrogen-bond donors (Lipinski definition) is 3. The monoisotopic (exact) mass is 673 g/mol. The van der Waals surface area contributed by atoms with Crippen molar-refractivity contribution in [1.82, 2.24) is 10.7 Å². The fraction of sp³-hybridized carbons (Fsp3) is 0.629. The van der Waals surface area contributed by atoms with Gasteiger partial charge in [-0.25, -0.2) is 0 Å². The van der Waals surface area contributed by atoms with Crippen LogP contribution < -0.4 is 19.7 Å². The van der Waals surface area contributed by atoms with E-state index >= 15 is 0 Å². The summed E-state index contributed by atoms with van der Waals surface area (Å²) in [7, 11) is 1.72. The van der Waals surface area contributed by atoms with Crippen LogP contribution in [0.2, 0.25) is 0 Å². The van der Waals surface area contributed by atoms with Crippen LogP contribution in [0.1, 0.15) is 56.9 Å². The Balaban J connectivity index is 1.20. The molecule has 266 valence electrons. The summed E-state index contributed by atoms with van der Waals surface area (Å²) in [6.07, 6.45) is 4.30. The third-order valence-corrected chi connectivity index (χ3v) is 8.93. The molecular weight excluding hydrogens is 622 g/mol. The minimum Gasteiger partial charge on any atom is -0.490 e. The number of methoxy groups -OCH3 is 1. The van der Waals surface area contributed by atoms with Gasteiger partial charge in [0.05, 0.1) is 43.0 Å². The first-order valence-corrected chi connectivity index (χ1v) is 17.2. The van der Waals surface area contributed by atoms with Crippen molar-refractivity contribution in [3.63, 3.8) is 0 Å². The molecule has 48 heavy (non-hydrogen) atoms. The van der Waals surface area contributed by atoms with E-state index in [0.717, 1.165) is 67.9 Å². The van der Waals surface area contributed by atoms with Crippen molar-refractivity contribution < 1.29 is 48.5 Å². The third kappa shape index (κ3) is 11.3. The van der Waals surface area contributed by atoms with Gasteiger partial charge in [0.1, 0.15) is 36.4 Å². The summed E-state index contributed by atoms with van der Waals surface area (Å²) in [5.74, 6) is 1.41. The van der Waals surface area contributed by atoms with Gasteiger partial charge in [-0.3, -0.25) is 20.0 Å². The fourth-order valence-electron chi connectivity index (χ4n) is 6.47. The number of hydrogen-bond acceptors (Lipinski definition) is 13. The molecule has 2 heterocycles. The molecule has 3 atom stereocenters. The molecule has 1 aliphatic carbocycles. The quantitative estimate of drug-likeness (QED) is 0.118. The van der Waals surface area contributed by atoms with E-state index in [9.17, 15) is 4.79 Å². The highest BCUT2D eigenvalue weighted by molar-refractivity contribution is 5.69. The van der Waals surface area contributed by atoms with Crippen LogP contribution in [0.25, 0.3) is 0 Å². The number of nitrogens with zero attached hydrogens (tertiary/aromatic N) is 2. The lowest BCUT2D eigenvalue weighted by atomic mass is 9.93. The molecule has 5 rings (SSSR count). The molecule has 2 aromatic carbocycles. The molecule has 2 aliphatic heterocycles. The zero-order valence-electron chi connectivity index (χ0n) is 27.9. The van der Waals surface area contributed by atoms with Gasteiger partial charge in [-0.1, -0.05) is 24.3 Å². The molecule has 3 unspecified atom stereocenters. The van der Waals surface area contributed by atoms with Crippen molar-refractivity contribution in [2.45, 2.75) is 88.5 Å². The second kappa shape index (κ2) is 19.2. The molecular formula is C35H51N3O10. The van der Waals surface area contributed by atoms with Gasteiger partial charge in [0.15, 0.2) is 0 Å². The van der Waals surface area contributed by atoms with Crippen molar-refractivity contribution in [3.05, 3.63) is 54.1 Å². The standard InChI is InChI=1S/C35H51N3O10/c1-42-19-7-17-37-18-21-43-31-16-11-26(22-30(31)37)25-44-32-23-36-24-33(48-34(39)10-5-6-20-45-38(40)41)35(32)47-29-14-12-28(13-15-29)46-27-8-3-2-4-9-27/h2-4,8-9,11,16,22,28-29,32-33,35-36,40-41H,5-7,10,12-15,17-21,23-25H2,1H3. The predicted octanol–water partition coefficient (Wildman–Crippen LogP) is 4.28. The molecule has 3 N–H and O–H groups in total. The van der Waals surface area contributed by atoms with E-state index < -0.39 is 12.2 Å². The third-order valence-electron chi connectivity index (χ3n) is 8.93. The number of carbonyl (C=O) groups is 1. The van der Waals surface area contributed by atoms with Gasteiger partial charge in [-0.15, -0.1) is 0 Å². The summed E-state index contributed by atoms with van der Waals surface area (Å²) >= 11 is 0. The van der Waals surface area contributed by atoms with Crippen molar-refractivity contribution in [1.29, 1.82) is 0 Å². The second-order valence-electron chi connectivity index (χ2n) is 12.5. The lowest BCUT2D eigenvalue weighted by molar-refractivity contribution is -0.492. The van der Waals surface area contributed by atoms with Crippen molar-refractivity contribution in [2.75, 3.05) is 58.0 Å². The summed E-state index contributed by atoms with van der Waals surface area (Å²) in [5.41, 5.74) is 2.09. The van der Waals surface area contributed by atoms with E-state index in [-0.39, 0.29) is 42.7 Å². The minimum atomic E-state index is -0.524. The molecule has 0 spiro atoms. The number of esters is 1. The smallest absolute Gasteiger partial charge is 0.306 e. The average molecular weight is 674 g/mol. The number of fused-ring (bicyclic) bond motifs is 1. The molecule has 0 radical (unpaired) electrons. The predicted molar refractivity (Wildman–Crippen MR) is 175 cm³/mol. The molecule has 0 amide bonds. The lowest BCUT2D eigenvalue weighted by Crippen LogP contribution is -2.58. The molecule has 2 fully saturated rings. The van der Waals surface area contributed by atoms with E-state index in [1.807, 2.05) is 42.5 Å². The van der Waals surface area contributed by atoms with E-state index in [4.69, 9.17) is 38.8 Å². The van der Waals surface area contributed by atoms with Crippen LogP contribution >= 0.6 is 0 Å². The zero-order chi connectivity index (χ0) is 33.6. The molecule has 0 aromatic heterocycles. The van der Waals surface area contributed by atoms with Crippen LogP contribution in [-0.4, -0.2) is 105 Å². The second-order valence-corrected chi connectivity index (χ2v) is 12.5. The maximum absolute atomic E-state index is 12.9. The van der Waals surface area contributed by atoms with Crippen molar-refractivity contribution >= 4 is 11.7 Å². The Morgan fingerprint density at radius 3 is 2.56 bits per heavy atom. The van der Waals surface area contributed by atoms with E-state index in [0.29, 0.717) is 45.8 Å². The summed E-state index contributed by atoms with van der Waals surface area (Å²) in [6.45, 7) is 4.54. The van der Waals surface area contributed by atoms with Gasteiger partial charge in [0.2, 0.25) is 0 Å². The van der Waals surface area contributed by atoms with Gasteiger partial charge in [-0.2, -0.15) is 0 Å². The van der Waals surface area contributed by atoms with Gasteiger partial charge in [0, 0.05) is 39.8 Å². The van der Waals surface area contributed by atoms with Gasteiger partial charge in [0.25, 0.3) is 0 Å². The Morgan fingerprint density at radius 1 is 0.979 bits per heavy atom. The molecule has 1 saturated carbocycles. The summed E-state index contributed by atoms with van der Waals surface area (Å²) in [4.78, 5) is 19.8. The SMILES string of the molecule is COCCCN1CCOc2ccc(COC3CNCC(OC(=O)CCCCON(O)O)C3OC3CCC(Oc4ccccc4)CC3)cc21. The van der Waals surface area contributed by atoms with E-state index in [2.05, 4.69) is 21.1 Å². The number of anilines is 1. The molecule has 13 nitrogen and oxygen atoms in total. The minimum absolute atomic E-state index is 0.00497. The number of rotatable bonds is 18. The summed E-state index contributed by atoms with van der Waals surface area (Å²) < 4.78 is 36.7. The Bertz CT molecular complexity index is 1230. The number of ether oxygens (including phenoxy) is 6. The topological polar surface area (TPSA) is 141 Å². The van der Waals surface area contributed by atoms with Crippen molar-refractivity contribution in [2.24, 2.45) is 0 Å². The Kier molecular flexibility index (Phi) is 14.5. The van der Waals surface area contributed by atoms with Crippen LogP contribution in [0.5, 0.6) is 11.5 Å². The number of nitrogens with one attached hydrogen (secondary N) is 1. The Labute approximate surface area is 282 Å². The summed E-state index contributed by atoms with van der Waals surface area (Å²) in [6, 6.07) is 16.1. The normalized spacial score (nSPS) is 24.2. The Morgan fingerprint density at radius 2 is 1.77 bits per heavy atom. The first-order chi connectivity index (χ1) is 23.5. The number of para-hydroxylation sites is 1. The van der Waals surface area contributed by atoms with Gasteiger partial charge >= 0.3 is 5.97 Å². The molecule has 2 aromatic rings. The summed E-state index contributed by atoms with van der Waals surface area (Å²) in [5, 5.41) is 20.4. The number of piperidine rings is 1. The molecule has 0 bridgehead atoms. The fourth-order valence-corrected chi connectivity index (χ4v) is 6.47. The highest BCUT2D eigenvalue weighted by Crippen LogP contribution is 2.34. The molecule has 3 aliphatic rings. The molecule has 13 heteroatoms. The molecule has 1 saturated heterocycles. The lowest BCUT2D eigenvalue weighted by Gasteiger charge is -2.41. The van der Waals surface area contributed by atoms with Crippen LogP contribution in [0.4, 0.5) is 5.69 Å². The van der Waals surface area contributed by atoms with E-state index in [1.54, 1.807) is 7.11 Å². The van der Waals surface area contributed by atoms with Gasteiger partial charge < -0.3 is 38.6 Å². The maximum atomic E-state index is 12.9. The maximum Gasteiger partial charge on any atom is 0.306 e. The van der Waals surface area contributed by atoms with Crippen LogP contribution in [0.15, 0.2) is 48.5 Å².